The van der Waals surface area contributed by atoms with Gasteiger partial charge < -0.3 is 24.4 Å². The summed E-state index contributed by atoms with van der Waals surface area (Å²) in [5.74, 6) is 0. The maximum absolute atomic E-state index is 10.5. The molecule has 1 fully saturated rings. The molecule has 0 radical (unpaired) electrons. The molecule has 0 aromatic heterocycles. The number of benzene rings is 3. The Morgan fingerprint density at radius 1 is 0.806 bits per heavy atom. The number of ether oxygens (including phenoxy) is 3. The average Bonchev–Trinajstić information content (AvgIpc) is 2.84. The van der Waals surface area contributed by atoms with E-state index in [1.54, 1.807) is 0 Å². The highest BCUT2D eigenvalue weighted by atomic mass is 16.7. The molecule has 5 heteroatoms. The summed E-state index contributed by atoms with van der Waals surface area (Å²) in [5, 5.41) is 20.8. The number of rotatable bonds is 7. The average molecular weight is 421 g/mol. The Morgan fingerprint density at radius 2 is 1.26 bits per heavy atom. The first kappa shape index (κ1) is 21.7. The van der Waals surface area contributed by atoms with Crippen molar-refractivity contribution in [2.45, 2.75) is 36.6 Å². The van der Waals surface area contributed by atoms with Gasteiger partial charge in [0.25, 0.3) is 0 Å². The summed E-state index contributed by atoms with van der Waals surface area (Å²) in [6, 6.07) is 30.0. The molecule has 2 N–H and O–H groups in total. The van der Waals surface area contributed by atoms with Gasteiger partial charge in [-0.1, -0.05) is 91.0 Å². The minimum Gasteiger partial charge on any atom is -0.390 e. The molecule has 162 valence electrons. The molecule has 0 bridgehead atoms. The van der Waals surface area contributed by atoms with E-state index in [0.717, 1.165) is 16.7 Å². The second kappa shape index (κ2) is 9.73. The lowest BCUT2D eigenvalue weighted by molar-refractivity contribution is -0.256. The first-order valence-electron chi connectivity index (χ1n) is 10.5. The van der Waals surface area contributed by atoms with Gasteiger partial charge in [-0.05, 0) is 16.7 Å². The lowest BCUT2D eigenvalue weighted by atomic mass is 9.80. The molecule has 3 aromatic carbocycles. The van der Waals surface area contributed by atoms with Crippen molar-refractivity contribution >= 4 is 0 Å². The topological polar surface area (TPSA) is 68.2 Å². The van der Waals surface area contributed by atoms with Crippen LogP contribution in [-0.4, -0.2) is 48.5 Å². The molecular weight excluding hydrogens is 392 g/mol. The van der Waals surface area contributed by atoms with Gasteiger partial charge in [0.05, 0.1) is 12.7 Å². The van der Waals surface area contributed by atoms with Gasteiger partial charge >= 0.3 is 0 Å². The summed E-state index contributed by atoms with van der Waals surface area (Å²) >= 11 is 0. The summed E-state index contributed by atoms with van der Waals surface area (Å²) in [6.45, 7) is 0.0662. The van der Waals surface area contributed by atoms with E-state index in [2.05, 4.69) is 0 Å². The quantitative estimate of drug-likeness (QED) is 0.573. The van der Waals surface area contributed by atoms with Gasteiger partial charge in [-0.2, -0.15) is 0 Å². The van der Waals surface area contributed by atoms with Gasteiger partial charge in [0, 0.05) is 13.5 Å². The second-order valence-electron chi connectivity index (χ2n) is 7.72. The molecule has 4 rings (SSSR count). The smallest absolute Gasteiger partial charge is 0.160 e. The van der Waals surface area contributed by atoms with E-state index in [9.17, 15) is 10.2 Å². The zero-order valence-electron chi connectivity index (χ0n) is 17.5. The van der Waals surface area contributed by atoms with Crippen LogP contribution >= 0.6 is 0 Å². The molecule has 3 aromatic rings. The Bertz CT molecular complexity index is 835. The fraction of sp³-hybridized carbons (Fsp3) is 0.308. The van der Waals surface area contributed by atoms with Crippen LogP contribution in [0, 0.1) is 0 Å². The van der Waals surface area contributed by atoms with E-state index < -0.39 is 30.2 Å². The van der Waals surface area contributed by atoms with E-state index in [4.69, 9.17) is 14.2 Å². The van der Waals surface area contributed by atoms with E-state index in [1.165, 1.54) is 7.11 Å². The van der Waals surface area contributed by atoms with E-state index >= 15 is 0 Å². The third-order valence-electron chi connectivity index (χ3n) is 5.80. The van der Waals surface area contributed by atoms with Crippen LogP contribution in [0.1, 0.15) is 23.1 Å². The molecule has 1 aliphatic rings. The zero-order chi connectivity index (χ0) is 21.7. The third-order valence-corrected chi connectivity index (χ3v) is 5.80. The van der Waals surface area contributed by atoms with Crippen molar-refractivity contribution in [3.63, 3.8) is 0 Å². The Balaban J connectivity index is 1.77. The van der Waals surface area contributed by atoms with Gasteiger partial charge in [0.2, 0.25) is 0 Å². The van der Waals surface area contributed by atoms with Crippen LogP contribution < -0.4 is 0 Å². The number of aliphatic hydroxyl groups excluding tert-OH is 2. The molecule has 0 aliphatic carbocycles. The Morgan fingerprint density at radius 3 is 1.68 bits per heavy atom. The minimum atomic E-state index is -1.06. The molecule has 0 amide bonds. The lowest BCUT2D eigenvalue weighted by Crippen LogP contribution is -2.51. The predicted octanol–water partition coefficient (Wildman–Crippen LogP) is 3.48. The number of methoxy groups -OCH3 is 1. The first-order chi connectivity index (χ1) is 15.1. The summed E-state index contributed by atoms with van der Waals surface area (Å²) < 4.78 is 17.8. The summed E-state index contributed by atoms with van der Waals surface area (Å²) in [6.07, 6.45) is -3.11. The molecule has 1 unspecified atom stereocenters. The van der Waals surface area contributed by atoms with Crippen LogP contribution in [0.15, 0.2) is 91.0 Å². The number of aliphatic hydroxyl groups is 2. The molecule has 5 nitrogen and oxygen atoms in total. The summed E-state index contributed by atoms with van der Waals surface area (Å²) in [4.78, 5) is 0. The van der Waals surface area contributed by atoms with Crippen LogP contribution in [0.3, 0.4) is 0 Å². The molecule has 0 spiro atoms. The molecule has 1 heterocycles. The summed E-state index contributed by atoms with van der Waals surface area (Å²) in [5.41, 5.74) is 1.96. The van der Waals surface area contributed by atoms with E-state index in [0.29, 0.717) is 0 Å². The van der Waals surface area contributed by atoms with Gasteiger partial charge in [0.15, 0.2) is 6.29 Å². The fourth-order valence-electron chi connectivity index (χ4n) is 4.18. The van der Waals surface area contributed by atoms with Gasteiger partial charge in [-0.3, -0.25) is 0 Å². The van der Waals surface area contributed by atoms with Crippen molar-refractivity contribution in [3.8, 4) is 0 Å². The molecule has 31 heavy (non-hydrogen) atoms. The predicted molar refractivity (Wildman–Crippen MR) is 117 cm³/mol. The van der Waals surface area contributed by atoms with Gasteiger partial charge in [-0.15, -0.1) is 0 Å². The largest absolute Gasteiger partial charge is 0.390 e. The Kier molecular flexibility index (Phi) is 6.80. The highest BCUT2D eigenvalue weighted by Crippen LogP contribution is 2.41. The maximum atomic E-state index is 10.5. The molecular formula is C26H28O5. The third kappa shape index (κ3) is 4.42. The van der Waals surface area contributed by atoms with Gasteiger partial charge in [0.1, 0.15) is 17.8 Å². The van der Waals surface area contributed by atoms with Crippen molar-refractivity contribution in [2.24, 2.45) is 0 Å². The zero-order valence-corrected chi connectivity index (χ0v) is 17.5. The normalized spacial score (nSPS) is 24.1. The highest BCUT2D eigenvalue weighted by molar-refractivity contribution is 5.47. The standard InChI is InChI=1S/C26H28O5/c1-29-24-17-22(27)25(28)23(31-24)18-30-26(19-11-5-2-6-12-19,20-13-7-3-8-14-20)21-15-9-4-10-16-21/h2-16,22-25,27-28H,17-18H2,1H3/t22-,23-,24?,25+/m1/s1. The van der Waals surface area contributed by atoms with Crippen molar-refractivity contribution in [1.82, 2.24) is 0 Å². The van der Waals surface area contributed by atoms with Crippen molar-refractivity contribution in [3.05, 3.63) is 108 Å². The highest BCUT2D eigenvalue weighted by Gasteiger charge is 2.42. The van der Waals surface area contributed by atoms with E-state index in [-0.39, 0.29) is 13.0 Å². The van der Waals surface area contributed by atoms with Crippen LogP contribution in [0.2, 0.25) is 0 Å². The maximum Gasteiger partial charge on any atom is 0.160 e. The van der Waals surface area contributed by atoms with Gasteiger partial charge in [-0.25, -0.2) is 0 Å². The lowest BCUT2D eigenvalue weighted by Gasteiger charge is -2.40. The monoisotopic (exact) mass is 420 g/mol. The SMILES string of the molecule is COC1C[C@@H](O)[C@H](O)[C@@H](COC(c2ccccc2)(c2ccccc2)c2ccccc2)O1. The number of hydrogen-bond acceptors (Lipinski definition) is 5. The molecule has 0 saturated carbocycles. The van der Waals surface area contributed by atoms with Crippen LogP contribution in [-0.2, 0) is 19.8 Å². The Labute approximate surface area is 182 Å². The molecule has 4 atom stereocenters. The number of hydrogen-bond donors (Lipinski definition) is 2. The van der Waals surface area contributed by atoms with Crippen LogP contribution in [0.5, 0.6) is 0 Å². The first-order valence-corrected chi connectivity index (χ1v) is 10.5. The molecule has 1 saturated heterocycles. The van der Waals surface area contributed by atoms with E-state index in [1.807, 2.05) is 91.0 Å². The van der Waals surface area contributed by atoms with Crippen molar-refractivity contribution in [2.75, 3.05) is 13.7 Å². The Hall–Kier alpha value is -2.54. The fourth-order valence-corrected chi connectivity index (χ4v) is 4.18. The van der Waals surface area contributed by atoms with Crippen LogP contribution in [0.4, 0.5) is 0 Å². The van der Waals surface area contributed by atoms with Crippen LogP contribution in [0.25, 0.3) is 0 Å². The second-order valence-corrected chi connectivity index (χ2v) is 7.72. The summed E-state index contributed by atoms with van der Waals surface area (Å²) in [7, 11) is 1.52. The van der Waals surface area contributed by atoms with Crippen molar-refractivity contribution in [1.29, 1.82) is 0 Å². The molecule has 1 aliphatic heterocycles. The van der Waals surface area contributed by atoms with Crippen molar-refractivity contribution < 1.29 is 24.4 Å². The minimum absolute atomic E-state index is 0.0662.